The van der Waals surface area contributed by atoms with Crippen LogP contribution in [0.2, 0.25) is 0 Å². The lowest BCUT2D eigenvalue weighted by atomic mass is 9.91. The molecule has 0 amide bonds. The zero-order valence-electron chi connectivity index (χ0n) is 16.5. The highest BCUT2D eigenvalue weighted by atomic mass is 15.2. The molecule has 1 fully saturated rings. The Morgan fingerprint density at radius 3 is 2.33 bits per heavy atom. The van der Waals surface area contributed by atoms with Crippen molar-refractivity contribution in [2.24, 2.45) is 0 Å². The van der Waals surface area contributed by atoms with Crippen molar-refractivity contribution < 1.29 is 0 Å². The second kappa shape index (κ2) is 8.24. The maximum Gasteiger partial charge on any atom is 0.0608 e. The Kier molecular flexibility index (Phi) is 5.56. The van der Waals surface area contributed by atoms with Crippen molar-refractivity contribution in [3.05, 3.63) is 83.4 Å². The minimum atomic E-state index is 0.303. The first-order chi connectivity index (χ1) is 13.2. The zero-order valence-corrected chi connectivity index (χ0v) is 16.5. The molecule has 0 radical (unpaired) electrons. The van der Waals surface area contributed by atoms with Crippen LogP contribution in [0.4, 0.5) is 0 Å². The molecule has 0 spiro atoms. The van der Waals surface area contributed by atoms with E-state index in [4.69, 9.17) is 0 Å². The molecule has 1 atom stereocenters. The Morgan fingerprint density at radius 1 is 0.778 bits per heavy atom. The van der Waals surface area contributed by atoms with Crippen LogP contribution in [0, 0.1) is 0 Å². The van der Waals surface area contributed by atoms with E-state index in [1.165, 1.54) is 33.9 Å². The zero-order chi connectivity index (χ0) is 18.6. The third-order valence-corrected chi connectivity index (χ3v) is 5.78. The summed E-state index contributed by atoms with van der Waals surface area (Å²) in [7, 11) is 0. The van der Waals surface area contributed by atoms with Gasteiger partial charge in [-0.2, -0.15) is 0 Å². The molecule has 1 N–H and O–H groups in total. The van der Waals surface area contributed by atoms with Crippen molar-refractivity contribution in [1.82, 2.24) is 10.2 Å². The van der Waals surface area contributed by atoms with Gasteiger partial charge in [0.2, 0.25) is 0 Å². The van der Waals surface area contributed by atoms with Gasteiger partial charge < -0.3 is 5.32 Å². The molecule has 0 aliphatic carbocycles. The number of nitrogens with one attached hydrogen (secondary N) is 1. The molecule has 0 aromatic heterocycles. The number of fused-ring (bicyclic) bond motifs is 1. The first-order valence-corrected chi connectivity index (χ1v) is 10.3. The van der Waals surface area contributed by atoms with Crippen molar-refractivity contribution in [3.63, 3.8) is 0 Å². The topological polar surface area (TPSA) is 15.3 Å². The Bertz CT molecular complexity index is 869. The van der Waals surface area contributed by atoms with Crippen molar-refractivity contribution in [2.75, 3.05) is 26.2 Å². The number of hydrogen-bond acceptors (Lipinski definition) is 2. The molecule has 4 rings (SSSR count). The third kappa shape index (κ3) is 3.92. The highest BCUT2D eigenvalue weighted by Gasteiger charge is 2.24. The fourth-order valence-corrected chi connectivity index (χ4v) is 4.26. The summed E-state index contributed by atoms with van der Waals surface area (Å²) in [4.78, 5) is 2.66. The van der Waals surface area contributed by atoms with Crippen molar-refractivity contribution >= 4 is 10.8 Å². The van der Waals surface area contributed by atoms with E-state index in [1.54, 1.807) is 0 Å². The number of benzene rings is 3. The van der Waals surface area contributed by atoms with Gasteiger partial charge in [-0.05, 0) is 46.3 Å². The van der Waals surface area contributed by atoms with Gasteiger partial charge in [-0.1, -0.05) is 80.6 Å². The number of hydrogen-bond donors (Lipinski definition) is 1. The second-order valence-corrected chi connectivity index (χ2v) is 7.93. The summed E-state index contributed by atoms with van der Waals surface area (Å²) in [5.74, 6) is 0.567. The SMILES string of the molecule is CC(C)c1ccc(C(c2cccc3ccccc23)N2CCCNCC2)cc1. The number of rotatable bonds is 4. The summed E-state index contributed by atoms with van der Waals surface area (Å²) in [5, 5.41) is 6.25. The number of nitrogens with zero attached hydrogens (tertiary/aromatic N) is 1. The molecule has 0 bridgehead atoms. The molecular formula is C25H30N2. The molecule has 1 unspecified atom stereocenters. The highest BCUT2D eigenvalue weighted by Crippen LogP contribution is 2.34. The summed E-state index contributed by atoms with van der Waals surface area (Å²) < 4.78 is 0. The Balaban J connectivity index is 1.82. The van der Waals surface area contributed by atoms with E-state index in [0.717, 1.165) is 26.2 Å². The van der Waals surface area contributed by atoms with E-state index < -0.39 is 0 Å². The predicted octanol–water partition coefficient (Wildman–Crippen LogP) is 5.35. The molecule has 3 aromatic carbocycles. The fourth-order valence-electron chi connectivity index (χ4n) is 4.26. The molecule has 1 aliphatic heterocycles. The molecule has 140 valence electrons. The van der Waals surface area contributed by atoms with E-state index in [1.807, 2.05) is 0 Å². The lowest BCUT2D eigenvalue weighted by Crippen LogP contribution is -2.33. The van der Waals surface area contributed by atoms with Gasteiger partial charge in [0.1, 0.15) is 0 Å². The summed E-state index contributed by atoms with van der Waals surface area (Å²) >= 11 is 0. The van der Waals surface area contributed by atoms with Gasteiger partial charge in [-0.25, -0.2) is 0 Å². The van der Waals surface area contributed by atoms with Crippen LogP contribution in [0.1, 0.15) is 48.9 Å². The van der Waals surface area contributed by atoms with E-state index >= 15 is 0 Å². The van der Waals surface area contributed by atoms with Crippen LogP contribution in [0.5, 0.6) is 0 Å². The summed E-state index contributed by atoms with van der Waals surface area (Å²) in [6.07, 6.45) is 1.20. The minimum Gasteiger partial charge on any atom is -0.315 e. The van der Waals surface area contributed by atoms with E-state index in [0.29, 0.717) is 12.0 Å². The highest BCUT2D eigenvalue weighted by molar-refractivity contribution is 5.86. The van der Waals surface area contributed by atoms with E-state index in [2.05, 4.69) is 90.8 Å². The first kappa shape index (κ1) is 18.2. The van der Waals surface area contributed by atoms with Crippen LogP contribution in [-0.4, -0.2) is 31.1 Å². The van der Waals surface area contributed by atoms with Crippen LogP contribution >= 0.6 is 0 Å². The average Bonchev–Trinajstić information content (AvgIpc) is 2.98. The van der Waals surface area contributed by atoms with Gasteiger partial charge in [0.15, 0.2) is 0 Å². The lowest BCUT2D eigenvalue weighted by Gasteiger charge is -2.32. The Morgan fingerprint density at radius 2 is 1.52 bits per heavy atom. The maximum atomic E-state index is 3.55. The van der Waals surface area contributed by atoms with Crippen molar-refractivity contribution in [3.8, 4) is 0 Å². The third-order valence-electron chi connectivity index (χ3n) is 5.78. The summed E-state index contributed by atoms with van der Waals surface area (Å²) in [5.41, 5.74) is 4.23. The molecule has 1 saturated heterocycles. The molecule has 2 heteroatoms. The monoisotopic (exact) mass is 358 g/mol. The van der Waals surface area contributed by atoms with Crippen LogP contribution in [0.25, 0.3) is 10.8 Å². The maximum absolute atomic E-state index is 3.55. The van der Waals surface area contributed by atoms with Gasteiger partial charge in [0.05, 0.1) is 6.04 Å². The lowest BCUT2D eigenvalue weighted by molar-refractivity contribution is 0.242. The molecule has 3 aromatic rings. The van der Waals surface area contributed by atoms with Crippen molar-refractivity contribution in [1.29, 1.82) is 0 Å². The van der Waals surface area contributed by atoms with Gasteiger partial charge in [-0.3, -0.25) is 4.90 Å². The Hall–Kier alpha value is -2.16. The van der Waals surface area contributed by atoms with E-state index in [-0.39, 0.29) is 0 Å². The van der Waals surface area contributed by atoms with Gasteiger partial charge in [0.25, 0.3) is 0 Å². The van der Waals surface area contributed by atoms with Crippen LogP contribution < -0.4 is 5.32 Å². The van der Waals surface area contributed by atoms with Crippen molar-refractivity contribution in [2.45, 2.75) is 32.2 Å². The summed E-state index contributed by atoms with van der Waals surface area (Å²) in [6, 6.07) is 25.2. The van der Waals surface area contributed by atoms with Gasteiger partial charge in [0, 0.05) is 19.6 Å². The minimum absolute atomic E-state index is 0.303. The Labute approximate surface area is 163 Å². The first-order valence-electron chi connectivity index (χ1n) is 10.3. The summed E-state index contributed by atoms with van der Waals surface area (Å²) in [6.45, 7) is 8.92. The molecule has 2 nitrogen and oxygen atoms in total. The van der Waals surface area contributed by atoms with Gasteiger partial charge in [-0.15, -0.1) is 0 Å². The smallest absolute Gasteiger partial charge is 0.0608 e. The predicted molar refractivity (Wildman–Crippen MR) is 115 cm³/mol. The van der Waals surface area contributed by atoms with E-state index in [9.17, 15) is 0 Å². The molecule has 27 heavy (non-hydrogen) atoms. The molecule has 1 aliphatic rings. The second-order valence-electron chi connectivity index (χ2n) is 7.93. The van der Waals surface area contributed by atoms with Crippen LogP contribution in [0.3, 0.4) is 0 Å². The van der Waals surface area contributed by atoms with Crippen LogP contribution in [-0.2, 0) is 0 Å². The standard InChI is InChI=1S/C25H30N2/c1-19(2)20-11-13-22(14-12-20)25(27-17-6-15-26-16-18-27)24-10-5-8-21-7-3-4-9-23(21)24/h3-5,7-14,19,25-26H,6,15-18H2,1-2H3. The molecular weight excluding hydrogens is 328 g/mol. The molecule has 0 saturated carbocycles. The van der Waals surface area contributed by atoms with Crippen LogP contribution in [0.15, 0.2) is 66.7 Å². The average molecular weight is 359 g/mol. The van der Waals surface area contributed by atoms with Gasteiger partial charge >= 0.3 is 0 Å². The quantitative estimate of drug-likeness (QED) is 0.676. The fraction of sp³-hybridized carbons (Fsp3) is 0.360. The molecule has 1 heterocycles. The normalized spacial score (nSPS) is 17.1. The largest absolute Gasteiger partial charge is 0.315 e.